The Kier molecular flexibility index (Phi) is 4.62. The van der Waals surface area contributed by atoms with E-state index in [-0.39, 0.29) is 17.0 Å². The quantitative estimate of drug-likeness (QED) is 0.679. The van der Waals surface area contributed by atoms with Crippen molar-refractivity contribution in [3.63, 3.8) is 0 Å². The summed E-state index contributed by atoms with van der Waals surface area (Å²) in [4.78, 5) is 26.4. The molecule has 9 heteroatoms. The van der Waals surface area contributed by atoms with Gasteiger partial charge in [-0.15, -0.1) is 0 Å². The molecular formula is C22H21N5O3S. The monoisotopic (exact) mass is 435 g/mol. The van der Waals surface area contributed by atoms with E-state index in [1.165, 1.54) is 6.26 Å². The summed E-state index contributed by atoms with van der Waals surface area (Å²) in [6, 6.07) is 15.6. The number of hydrogen-bond acceptors (Lipinski definition) is 6. The molecule has 158 valence electrons. The first-order valence-corrected chi connectivity index (χ1v) is 11.9. The molecule has 5 rings (SSSR count). The van der Waals surface area contributed by atoms with Gasteiger partial charge in [0, 0.05) is 31.1 Å². The topological polar surface area (TPSA) is 95.5 Å². The molecule has 2 bridgehead atoms. The number of benzene rings is 1. The molecule has 0 saturated carbocycles. The lowest BCUT2D eigenvalue weighted by molar-refractivity contribution is 0.254. The molecule has 0 radical (unpaired) electrons. The predicted molar refractivity (Wildman–Crippen MR) is 119 cm³/mol. The third-order valence-electron chi connectivity index (χ3n) is 5.65. The minimum atomic E-state index is -3.27. The van der Waals surface area contributed by atoms with E-state index < -0.39 is 9.84 Å². The van der Waals surface area contributed by atoms with Crippen LogP contribution >= 0.6 is 0 Å². The van der Waals surface area contributed by atoms with Crippen molar-refractivity contribution in [3.05, 3.63) is 60.8 Å². The van der Waals surface area contributed by atoms with Crippen molar-refractivity contribution in [1.82, 2.24) is 9.97 Å². The van der Waals surface area contributed by atoms with E-state index in [0.29, 0.717) is 17.3 Å². The first-order chi connectivity index (χ1) is 14.9. The van der Waals surface area contributed by atoms with Gasteiger partial charge in [0.2, 0.25) is 0 Å². The van der Waals surface area contributed by atoms with Crippen LogP contribution < -0.4 is 15.1 Å². The fourth-order valence-corrected chi connectivity index (χ4v) is 4.74. The van der Waals surface area contributed by atoms with Crippen LogP contribution in [0.3, 0.4) is 0 Å². The predicted octanol–water partition coefficient (Wildman–Crippen LogP) is 3.18. The minimum absolute atomic E-state index is 0.0339. The number of carbonyl (C=O) groups excluding carboxylic acids is 1. The summed E-state index contributed by atoms with van der Waals surface area (Å²) < 4.78 is 23.5. The van der Waals surface area contributed by atoms with Crippen LogP contribution in [-0.4, -0.2) is 49.8 Å². The number of pyridine rings is 2. The fourth-order valence-electron chi connectivity index (χ4n) is 4.11. The van der Waals surface area contributed by atoms with Gasteiger partial charge in [-0.25, -0.2) is 23.2 Å². The zero-order valence-electron chi connectivity index (χ0n) is 16.9. The maximum absolute atomic E-state index is 13.2. The normalized spacial score (nSPS) is 17.4. The molecule has 1 atom stereocenters. The lowest BCUT2D eigenvalue weighted by Crippen LogP contribution is -2.48. The van der Waals surface area contributed by atoms with E-state index in [1.54, 1.807) is 47.5 Å². The van der Waals surface area contributed by atoms with E-state index >= 15 is 0 Å². The van der Waals surface area contributed by atoms with E-state index in [0.717, 1.165) is 30.8 Å². The SMILES string of the molecule is CS(=O)(=O)c1ccc(-c2ccc3c(n2)N(C(=O)Nc2ccccn2)[C@H]2CCN3C2)cc1. The van der Waals surface area contributed by atoms with Gasteiger partial charge in [-0.3, -0.25) is 10.2 Å². The van der Waals surface area contributed by atoms with Crippen LogP contribution in [0.15, 0.2) is 65.7 Å². The van der Waals surface area contributed by atoms with Crippen molar-refractivity contribution in [2.75, 3.05) is 34.5 Å². The van der Waals surface area contributed by atoms with Crippen LogP contribution in [0.4, 0.5) is 22.1 Å². The van der Waals surface area contributed by atoms with Gasteiger partial charge in [0.1, 0.15) is 5.82 Å². The fraction of sp³-hybridized carbons (Fsp3) is 0.227. The van der Waals surface area contributed by atoms with Gasteiger partial charge in [0.25, 0.3) is 0 Å². The average molecular weight is 436 g/mol. The van der Waals surface area contributed by atoms with Crippen LogP contribution in [0, 0.1) is 0 Å². The highest BCUT2D eigenvalue weighted by molar-refractivity contribution is 7.90. The number of aromatic nitrogens is 2. The summed E-state index contributed by atoms with van der Waals surface area (Å²) in [5, 5.41) is 2.87. The molecule has 8 nitrogen and oxygen atoms in total. The number of anilines is 3. The molecule has 1 N–H and O–H groups in total. The third kappa shape index (κ3) is 3.61. The molecule has 0 aliphatic carbocycles. The molecule has 2 aliphatic rings. The van der Waals surface area contributed by atoms with Gasteiger partial charge in [-0.05, 0) is 42.8 Å². The Morgan fingerprint density at radius 2 is 1.90 bits per heavy atom. The summed E-state index contributed by atoms with van der Waals surface area (Å²) in [5.41, 5.74) is 2.38. The Morgan fingerprint density at radius 1 is 1.10 bits per heavy atom. The first kappa shape index (κ1) is 19.5. The van der Waals surface area contributed by atoms with Gasteiger partial charge >= 0.3 is 6.03 Å². The van der Waals surface area contributed by atoms with Gasteiger partial charge < -0.3 is 4.90 Å². The minimum Gasteiger partial charge on any atom is -0.366 e. The third-order valence-corrected chi connectivity index (χ3v) is 6.78. The Balaban J connectivity index is 1.51. The summed E-state index contributed by atoms with van der Waals surface area (Å²) in [5.74, 6) is 1.09. The van der Waals surface area contributed by atoms with Gasteiger partial charge in [-0.1, -0.05) is 18.2 Å². The van der Waals surface area contributed by atoms with Crippen LogP contribution in [0.25, 0.3) is 11.3 Å². The lowest BCUT2D eigenvalue weighted by atomic mass is 10.1. The van der Waals surface area contributed by atoms with E-state index in [9.17, 15) is 13.2 Å². The second-order valence-electron chi connectivity index (χ2n) is 7.74. The van der Waals surface area contributed by atoms with Crippen molar-refractivity contribution in [2.24, 2.45) is 0 Å². The van der Waals surface area contributed by atoms with Crippen molar-refractivity contribution in [2.45, 2.75) is 17.4 Å². The smallest absolute Gasteiger partial charge is 0.329 e. The van der Waals surface area contributed by atoms with Crippen LogP contribution in [0.2, 0.25) is 0 Å². The number of rotatable bonds is 3. The number of nitrogens with zero attached hydrogens (tertiary/aromatic N) is 4. The zero-order valence-corrected chi connectivity index (χ0v) is 17.7. The van der Waals surface area contributed by atoms with Gasteiger partial charge in [0.15, 0.2) is 15.7 Å². The molecule has 2 aromatic heterocycles. The van der Waals surface area contributed by atoms with Gasteiger partial charge in [-0.2, -0.15) is 0 Å². The van der Waals surface area contributed by atoms with E-state index in [1.807, 2.05) is 18.2 Å². The van der Waals surface area contributed by atoms with E-state index in [4.69, 9.17) is 4.98 Å². The van der Waals surface area contributed by atoms with E-state index in [2.05, 4.69) is 15.2 Å². The van der Waals surface area contributed by atoms with Crippen molar-refractivity contribution < 1.29 is 13.2 Å². The Labute approximate surface area is 180 Å². The summed E-state index contributed by atoms with van der Waals surface area (Å²) in [7, 11) is -3.27. The largest absolute Gasteiger partial charge is 0.366 e. The molecule has 1 fully saturated rings. The van der Waals surface area contributed by atoms with Crippen molar-refractivity contribution >= 4 is 33.2 Å². The standard InChI is InChI=1S/C22H21N5O3S/c1-31(29,30)17-7-5-15(6-8-17)18-9-10-19-21(24-18)27(16-11-13-26(19)14-16)22(28)25-20-4-2-3-12-23-20/h2-10,12,16H,11,13-14H2,1H3,(H,23,25,28)/t16-/m0/s1. The summed E-state index contributed by atoms with van der Waals surface area (Å²) in [6.07, 6.45) is 3.68. The number of carbonyl (C=O) groups is 1. The second kappa shape index (κ2) is 7.35. The molecule has 1 saturated heterocycles. The maximum Gasteiger partial charge on any atom is 0.329 e. The Bertz CT molecular complexity index is 1250. The second-order valence-corrected chi connectivity index (χ2v) is 9.76. The summed E-state index contributed by atoms with van der Waals surface area (Å²) in [6.45, 7) is 1.64. The van der Waals surface area contributed by atoms with Crippen molar-refractivity contribution in [1.29, 1.82) is 0 Å². The molecule has 3 aromatic rings. The summed E-state index contributed by atoms with van der Waals surface area (Å²) >= 11 is 0. The van der Waals surface area contributed by atoms with Crippen molar-refractivity contribution in [3.8, 4) is 11.3 Å². The zero-order chi connectivity index (χ0) is 21.6. The van der Waals surface area contributed by atoms with Crippen LogP contribution in [0.5, 0.6) is 0 Å². The highest BCUT2D eigenvalue weighted by atomic mass is 32.2. The highest BCUT2D eigenvalue weighted by Gasteiger charge is 2.40. The molecule has 2 aliphatic heterocycles. The number of hydrogen-bond donors (Lipinski definition) is 1. The van der Waals surface area contributed by atoms with Crippen LogP contribution in [-0.2, 0) is 9.84 Å². The number of urea groups is 1. The molecule has 0 spiro atoms. The molecule has 31 heavy (non-hydrogen) atoms. The Morgan fingerprint density at radius 3 is 2.61 bits per heavy atom. The molecule has 0 unspecified atom stereocenters. The first-order valence-electron chi connectivity index (χ1n) is 9.98. The maximum atomic E-state index is 13.2. The van der Waals surface area contributed by atoms with Crippen LogP contribution in [0.1, 0.15) is 6.42 Å². The molecule has 1 aromatic carbocycles. The highest BCUT2D eigenvalue weighted by Crippen LogP contribution is 2.40. The molecule has 2 amide bonds. The molecule has 4 heterocycles. The number of fused-ring (bicyclic) bond motifs is 4. The molecular weight excluding hydrogens is 414 g/mol. The number of nitrogens with one attached hydrogen (secondary N) is 1. The average Bonchev–Trinajstić information content (AvgIpc) is 3.18. The van der Waals surface area contributed by atoms with Gasteiger partial charge in [0.05, 0.1) is 22.3 Å². The lowest BCUT2D eigenvalue weighted by Gasteiger charge is -2.35. The number of sulfone groups is 1. The number of amides is 2. The Hall–Kier alpha value is -3.46.